The molecule has 0 fully saturated rings. The van der Waals surface area contributed by atoms with Crippen LogP contribution < -0.4 is 0 Å². The molecule has 4 nitrogen and oxygen atoms in total. The van der Waals surface area contributed by atoms with Crippen LogP contribution in [0.3, 0.4) is 0 Å². The number of thiophene rings is 1. The van der Waals surface area contributed by atoms with Gasteiger partial charge in [0.2, 0.25) is 5.78 Å². The van der Waals surface area contributed by atoms with Gasteiger partial charge in [0.05, 0.1) is 3.79 Å². The minimum absolute atomic E-state index is 0.201. The highest BCUT2D eigenvalue weighted by molar-refractivity contribution is 9.11. The van der Waals surface area contributed by atoms with Crippen LogP contribution in [-0.4, -0.2) is 22.9 Å². The summed E-state index contributed by atoms with van der Waals surface area (Å²) in [6.45, 7) is 7.91. The number of rotatable bonds is 6. The molecule has 0 amide bonds. The first-order chi connectivity index (χ1) is 10.4. The number of nitrogens with zero attached hydrogens (tertiary/aromatic N) is 1. The van der Waals surface area contributed by atoms with Crippen LogP contribution in [0, 0.1) is 13.8 Å². The Kier molecular flexibility index (Phi) is 5.37. The number of ether oxygens (including phenoxy) is 1. The van der Waals surface area contributed by atoms with Crippen LogP contribution >= 0.6 is 27.3 Å². The Hall–Kier alpha value is -1.66. The lowest BCUT2D eigenvalue weighted by Gasteiger charge is -2.06. The third-order valence-electron chi connectivity index (χ3n) is 3.29. The lowest BCUT2D eigenvalue weighted by molar-refractivity contribution is 0.0479. The molecule has 2 aromatic heterocycles. The summed E-state index contributed by atoms with van der Waals surface area (Å²) in [7, 11) is 0. The maximum atomic E-state index is 12.3. The number of Topliss-reactive ketones (excluding diaryl/α,β-unsaturated/α-hetero) is 1. The smallest absolute Gasteiger partial charge is 0.348 e. The summed E-state index contributed by atoms with van der Waals surface area (Å²) in [5.74, 6) is -0.684. The largest absolute Gasteiger partial charge is 0.453 e. The van der Waals surface area contributed by atoms with Gasteiger partial charge >= 0.3 is 5.97 Å². The zero-order chi connectivity index (χ0) is 16.3. The molecular weight excluding hydrogens is 366 g/mol. The highest BCUT2D eigenvalue weighted by Crippen LogP contribution is 2.23. The van der Waals surface area contributed by atoms with Crippen molar-refractivity contribution in [3.8, 4) is 0 Å². The number of allylic oxidation sites excluding steroid dienone is 1. The van der Waals surface area contributed by atoms with E-state index >= 15 is 0 Å². The standard InChI is InChI=1S/C16H16BrNO3S/c1-4-7-18-10(2)8-12(11(18)3)13(19)9-21-16(20)14-5-6-15(17)22-14/h4-6,8H,1,7,9H2,2-3H3. The second-order valence-corrected chi connectivity index (χ2v) is 7.25. The summed E-state index contributed by atoms with van der Waals surface area (Å²) in [4.78, 5) is 24.6. The second-order valence-electron chi connectivity index (χ2n) is 4.79. The molecule has 0 aliphatic carbocycles. The monoisotopic (exact) mass is 381 g/mol. The molecule has 0 unspecified atom stereocenters. The Bertz CT molecular complexity index is 730. The molecule has 2 heterocycles. The van der Waals surface area contributed by atoms with E-state index in [-0.39, 0.29) is 12.4 Å². The molecule has 0 saturated heterocycles. The van der Waals surface area contributed by atoms with E-state index in [4.69, 9.17) is 4.74 Å². The van der Waals surface area contributed by atoms with Gasteiger partial charge in [-0.25, -0.2) is 4.79 Å². The fourth-order valence-electron chi connectivity index (χ4n) is 2.20. The number of halogens is 1. The summed E-state index contributed by atoms with van der Waals surface area (Å²) in [5.41, 5.74) is 2.42. The first kappa shape index (κ1) is 16.7. The summed E-state index contributed by atoms with van der Waals surface area (Å²) in [5, 5.41) is 0. The molecule has 0 atom stereocenters. The molecule has 0 aromatic carbocycles. The summed E-state index contributed by atoms with van der Waals surface area (Å²) in [6, 6.07) is 5.25. The lowest BCUT2D eigenvalue weighted by atomic mass is 10.1. The van der Waals surface area contributed by atoms with E-state index in [9.17, 15) is 9.59 Å². The van der Waals surface area contributed by atoms with Crippen molar-refractivity contribution in [1.29, 1.82) is 0 Å². The Morgan fingerprint density at radius 2 is 2.14 bits per heavy atom. The third kappa shape index (κ3) is 3.56. The van der Waals surface area contributed by atoms with E-state index in [1.165, 1.54) is 11.3 Å². The maximum Gasteiger partial charge on any atom is 0.348 e. The van der Waals surface area contributed by atoms with Crippen molar-refractivity contribution in [3.05, 3.63) is 56.5 Å². The minimum atomic E-state index is -0.482. The van der Waals surface area contributed by atoms with E-state index < -0.39 is 5.97 Å². The van der Waals surface area contributed by atoms with Crippen molar-refractivity contribution >= 4 is 39.0 Å². The Morgan fingerprint density at radius 3 is 2.73 bits per heavy atom. The fraction of sp³-hybridized carbons (Fsp3) is 0.250. The van der Waals surface area contributed by atoms with E-state index in [1.54, 1.807) is 18.2 Å². The van der Waals surface area contributed by atoms with Crippen LogP contribution in [-0.2, 0) is 11.3 Å². The van der Waals surface area contributed by atoms with Crippen LogP contribution in [0.4, 0.5) is 0 Å². The van der Waals surface area contributed by atoms with Gasteiger partial charge in [0.15, 0.2) is 6.61 Å². The molecule has 0 N–H and O–H groups in total. The molecule has 2 rings (SSSR count). The molecule has 0 bridgehead atoms. The molecule has 2 aromatic rings. The average Bonchev–Trinajstić information content (AvgIpc) is 3.03. The van der Waals surface area contributed by atoms with Gasteiger partial charge in [-0.1, -0.05) is 6.08 Å². The number of hydrogen-bond acceptors (Lipinski definition) is 4. The maximum absolute atomic E-state index is 12.3. The molecule has 0 spiro atoms. The van der Waals surface area contributed by atoms with Gasteiger partial charge in [-0.15, -0.1) is 17.9 Å². The summed E-state index contributed by atoms with van der Waals surface area (Å²) < 4.78 is 7.94. The van der Waals surface area contributed by atoms with Crippen LogP contribution in [0.1, 0.15) is 31.4 Å². The van der Waals surface area contributed by atoms with Crippen LogP contribution in [0.2, 0.25) is 0 Å². The van der Waals surface area contributed by atoms with Gasteiger partial charge < -0.3 is 9.30 Å². The second kappa shape index (κ2) is 7.07. The number of carbonyl (C=O) groups excluding carboxylic acids is 2. The molecular formula is C16H16BrNO3S. The Labute approximate surface area is 141 Å². The third-order valence-corrected chi connectivity index (χ3v) is 4.90. The molecule has 0 aliphatic rings. The van der Waals surface area contributed by atoms with E-state index in [0.717, 1.165) is 15.2 Å². The minimum Gasteiger partial charge on any atom is -0.453 e. The number of esters is 1. The van der Waals surface area contributed by atoms with Crippen LogP contribution in [0.5, 0.6) is 0 Å². The quantitative estimate of drug-likeness (QED) is 0.428. The van der Waals surface area contributed by atoms with Gasteiger partial charge in [0, 0.05) is 23.5 Å². The number of carbonyl (C=O) groups is 2. The number of aryl methyl sites for hydroxylation is 1. The normalized spacial score (nSPS) is 10.5. The zero-order valence-corrected chi connectivity index (χ0v) is 14.8. The molecule has 116 valence electrons. The molecule has 0 aliphatic heterocycles. The van der Waals surface area contributed by atoms with Gasteiger partial charge in [-0.05, 0) is 48.0 Å². The lowest BCUT2D eigenvalue weighted by Crippen LogP contribution is -2.14. The average molecular weight is 382 g/mol. The summed E-state index contributed by atoms with van der Waals surface area (Å²) >= 11 is 4.56. The first-order valence-electron chi connectivity index (χ1n) is 6.67. The van der Waals surface area contributed by atoms with Crippen LogP contribution in [0.15, 0.2) is 34.6 Å². The van der Waals surface area contributed by atoms with Gasteiger partial charge in [-0.3, -0.25) is 4.79 Å². The van der Waals surface area contributed by atoms with Crippen molar-refractivity contribution in [2.75, 3.05) is 6.61 Å². The van der Waals surface area contributed by atoms with Crippen molar-refractivity contribution in [1.82, 2.24) is 4.57 Å². The topological polar surface area (TPSA) is 48.3 Å². The SMILES string of the molecule is C=CCn1c(C)cc(C(=O)COC(=O)c2ccc(Br)s2)c1C. The predicted molar refractivity (Wildman–Crippen MR) is 90.7 cm³/mol. The molecule has 6 heteroatoms. The predicted octanol–water partition coefficient (Wildman–Crippen LogP) is 4.15. The Balaban J connectivity index is 2.05. The molecule has 0 radical (unpaired) electrons. The number of aromatic nitrogens is 1. The van der Waals surface area contributed by atoms with Crippen molar-refractivity contribution in [3.63, 3.8) is 0 Å². The van der Waals surface area contributed by atoms with E-state index in [1.807, 2.05) is 24.5 Å². The first-order valence-corrected chi connectivity index (χ1v) is 8.28. The van der Waals surface area contributed by atoms with Gasteiger partial charge in [0.25, 0.3) is 0 Å². The van der Waals surface area contributed by atoms with E-state index in [0.29, 0.717) is 17.0 Å². The summed E-state index contributed by atoms with van der Waals surface area (Å²) in [6.07, 6.45) is 1.78. The van der Waals surface area contributed by atoms with Gasteiger partial charge in [0.1, 0.15) is 4.88 Å². The Morgan fingerprint density at radius 1 is 1.41 bits per heavy atom. The highest BCUT2D eigenvalue weighted by atomic mass is 79.9. The van der Waals surface area contributed by atoms with Crippen molar-refractivity contribution in [2.45, 2.75) is 20.4 Å². The van der Waals surface area contributed by atoms with Crippen molar-refractivity contribution in [2.24, 2.45) is 0 Å². The molecule has 0 saturated carbocycles. The zero-order valence-electron chi connectivity index (χ0n) is 12.4. The fourth-order valence-corrected chi connectivity index (χ4v) is 3.48. The van der Waals surface area contributed by atoms with Gasteiger partial charge in [-0.2, -0.15) is 0 Å². The number of ketones is 1. The number of hydrogen-bond donors (Lipinski definition) is 0. The van der Waals surface area contributed by atoms with Crippen LogP contribution in [0.25, 0.3) is 0 Å². The molecule has 22 heavy (non-hydrogen) atoms. The van der Waals surface area contributed by atoms with E-state index in [2.05, 4.69) is 22.5 Å². The highest BCUT2D eigenvalue weighted by Gasteiger charge is 2.18. The van der Waals surface area contributed by atoms with Crippen molar-refractivity contribution < 1.29 is 14.3 Å².